The van der Waals surface area contributed by atoms with E-state index in [0.29, 0.717) is 18.6 Å². The molecule has 2 rings (SSSR count). The molecule has 0 aromatic heterocycles. The fraction of sp³-hybridized carbons (Fsp3) is 0.429. The molecule has 1 aliphatic rings. The van der Waals surface area contributed by atoms with Gasteiger partial charge in [0.15, 0.2) is 11.6 Å². The zero-order valence-electron chi connectivity index (χ0n) is 11.1. The quantitative estimate of drug-likeness (QED) is 0.829. The van der Waals surface area contributed by atoms with Gasteiger partial charge in [-0.3, -0.25) is 9.59 Å². The number of hydrogen-bond acceptors (Lipinski definition) is 3. The largest absolute Gasteiger partial charge is 0.491 e. The van der Waals surface area contributed by atoms with Crippen LogP contribution in [0.2, 0.25) is 0 Å². The van der Waals surface area contributed by atoms with E-state index in [9.17, 15) is 14.0 Å². The molecule has 0 bridgehead atoms. The van der Waals surface area contributed by atoms with E-state index in [1.165, 1.54) is 12.1 Å². The predicted octanol–water partition coefficient (Wildman–Crippen LogP) is 1.56. The minimum absolute atomic E-state index is 0.172. The molecule has 1 fully saturated rings. The topological polar surface area (TPSA) is 75.6 Å². The first kappa shape index (κ1) is 14.3. The summed E-state index contributed by atoms with van der Waals surface area (Å²) in [5.74, 6) is -2.58. The molecule has 1 aliphatic carbocycles. The number of carboxylic acids is 1. The van der Waals surface area contributed by atoms with Gasteiger partial charge >= 0.3 is 5.97 Å². The van der Waals surface area contributed by atoms with Gasteiger partial charge in [-0.05, 0) is 31.0 Å². The Morgan fingerprint density at radius 3 is 2.75 bits per heavy atom. The highest BCUT2D eigenvalue weighted by molar-refractivity contribution is 5.89. The van der Waals surface area contributed by atoms with Crippen molar-refractivity contribution >= 4 is 11.9 Å². The number of carboxylic acid groups (broad SMARTS) is 1. The Morgan fingerprint density at radius 2 is 2.20 bits per heavy atom. The first-order chi connectivity index (χ1) is 9.52. The van der Waals surface area contributed by atoms with E-state index < -0.39 is 23.6 Å². The van der Waals surface area contributed by atoms with Crippen LogP contribution < -0.4 is 10.1 Å². The van der Waals surface area contributed by atoms with Crippen molar-refractivity contribution in [1.29, 1.82) is 0 Å². The molecule has 6 heteroatoms. The lowest BCUT2D eigenvalue weighted by molar-refractivity contribution is -0.140. The lowest BCUT2D eigenvalue weighted by Gasteiger charge is -2.08. The van der Waals surface area contributed by atoms with Gasteiger partial charge in [-0.15, -0.1) is 0 Å². The van der Waals surface area contributed by atoms with Crippen molar-refractivity contribution in [2.45, 2.75) is 19.9 Å². The van der Waals surface area contributed by atoms with Crippen molar-refractivity contribution in [2.75, 3.05) is 6.61 Å². The number of benzene rings is 1. The predicted molar refractivity (Wildman–Crippen MR) is 68.6 cm³/mol. The van der Waals surface area contributed by atoms with Crippen molar-refractivity contribution in [2.24, 2.45) is 11.8 Å². The van der Waals surface area contributed by atoms with Crippen LogP contribution in [0.5, 0.6) is 5.75 Å². The summed E-state index contributed by atoms with van der Waals surface area (Å²) < 4.78 is 18.7. The number of amides is 1. The molecule has 108 valence electrons. The smallest absolute Gasteiger partial charge is 0.307 e. The van der Waals surface area contributed by atoms with Crippen LogP contribution in [0, 0.1) is 17.7 Å². The fourth-order valence-corrected chi connectivity index (χ4v) is 2.00. The van der Waals surface area contributed by atoms with E-state index in [-0.39, 0.29) is 18.2 Å². The van der Waals surface area contributed by atoms with Crippen LogP contribution in [0.3, 0.4) is 0 Å². The maximum absolute atomic E-state index is 13.6. The van der Waals surface area contributed by atoms with Crippen LogP contribution in [-0.2, 0) is 16.1 Å². The van der Waals surface area contributed by atoms with Gasteiger partial charge in [-0.2, -0.15) is 0 Å². The van der Waals surface area contributed by atoms with Crippen LogP contribution in [-0.4, -0.2) is 23.6 Å². The van der Waals surface area contributed by atoms with E-state index in [1.54, 1.807) is 13.0 Å². The Labute approximate surface area is 115 Å². The van der Waals surface area contributed by atoms with Gasteiger partial charge in [0.05, 0.1) is 18.4 Å². The fourth-order valence-electron chi connectivity index (χ4n) is 2.00. The Bertz CT molecular complexity index is 532. The maximum Gasteiger partial charge on any atom is 0.307 e. The standard InChI is InChI=1S/C14H16FNO4/c1-2-20-12-4-3-8(5-11(12)15)7-16-13(17)9-6-10(9)14(18)19/h3-5,9-10H,2,6-7H2,1H3,(H,16,17)(H,18,19)/t9-,10+/m0/s1. The third kappa shape index (κ3) is 3.26. The molecule has 2 N–H and O–H groups in total. The van der Waals surface area contributed by atoms with E-state index in [2.05, 4.69) is 5.32 Å². The second-order valence-corrected chi connectivity index (χ2v) is 4.70. The zero-order valence-corrected chi connectivity index (χ0v) is 11.1. The van der Waals surface area contributed by atoms with Gasteiger partial charge in [0.25, 0.3) is 0 Å². The molecule has 0 spiro atoms. The molecular formula is C14H16FNO4. The number of aliphatic carboxylic acids is 1. The average Bonchev–Trinajstić information content (AvgIpc) is 3.19. The van der Waals surface area contributed by atoms with Crippen molar-refractivity contribution in [3.63, 3.8) is 0 Å². The molecule has 5 nitrogen and oxygen atoms in total. The Hall–Kier alpha value is -2.11. The lowest BCUT2D eigenvalue weighted by Crippen LogP contribution is -2.25. The minimum Gasteiger partial charge on any atom is -0.491 e. The lowest BCUT2D eigenvalue weighted by atomic mass is 10.2. The number of rotatable bonds is 6. The molecule has 1 aromatic rings. The van der Waals surface area contributed by atoms with Gasteiger partial charge < -0.3 is 15.2 Å². The average molecular weight is 281 g/mol. The van der Waals surface area contributed by atoms with Crippen LogP contribution in [0.25, 0.3) is 0 Å². The Morgan fingerprint density at radius 1 is 1.45 bits per heavy atom. The highest BCUT2D eigenvalue weighted by Gasteiger charge is 2.48. The second kappa shape index (κ2) is 5.90. The first-order valence-corrected chi connectivity index (χ1v) is 6.44. The number of halogens is 1. The van der Waals surface area contributed by atoms with E-state index in [1.807, 2.05) is 0 Å². The van der Waals surface area contributed by atoms with E-state index in [4.69, 9.17) is 9.84 Å². The number of nitrogens with one attached hydrogen (secondary N) is 1. The van der Waals surface area contributed by atoms with Gasteiger partial charge in [0.2, 0.25) is 5.91 Å². The molecule has 2 atom stereocenters. The Balaban J connectivity index is 1.87. The van der Waals surface area contributed by atoms with Gasteiger partial charge in [0, 0.05) is 6.54 Å². The minimum atomic E-state index is -0.947. The summed E-state index contributed by atoms with van der Waals surface area (Å²) in [5, 5.41) is 11.3. The highest BCUT2D eigenvalue weighted by atomic mass is 19.1. The first-order valence-electron chi connectivity index (χ1n) is 6.44. The van der Waals surface area contributed by atoms with E-state index in [0.717, 1.165) is 0 Å². The number of carbonyl (C=O) groups excluding carboxylic acids is 1. The number of ether oxygens (including phenoxy) is 1. The molecule has 0 aliphatic heterocycles. The summed E-state index contributed by atoms with van der Waals surface area (Å²) in [5.41, 5.74) is 0.604. The van der Waals surface area contributed by atoms with Crippen molar-refractivity contribution in [3.05, 3.63) is 29.6 Å². The van der Waals surface area contributed by atoms with E-state index >= 15 is 0 Å². The summed E-state index contributed by atoms with van der Waals surface area (Å²) in [6, 6.07) is 4.47. The van der Waals surface area contributed by atoms with Crippen LogP contribution in [0.4, 0.5) is 4.39 Å². The van der Waals surface area contributed by atoms with Gasteiger partial charge in [-0.1, -0.05) is 6.07 Å². The molecule has 0 unspecified atom stereocenters. The summed E-state index contributed by atoms with van der Waals surface area (Å²) in [6.45, 7) is 2.32. The van der Waals surface area contributed by atoms with Crippen LogP contribution in [0.15, 0.2) is 18.2 Å². The molecule has 0 radical (unpaired) electrons. The number of carbonyl (C=O) groups is 2. The molecule has 0 heterocycles. The van der Waals surface area contributed by atoms with Crippen LogP contribution in [0.1, 0.15) is 18.9 Å². The Kier molecular flexibility index (Phi) is 4.22. The second-order valence-electron chi connectivity index (χ2n) is 4.70. The van der Waals surface area contributed by atoms with Gasteiger partial charge in [-0.25, -0.2) is 4.39 Å². The van der Waals surface area contributed by atoms with Gasteiger partial charge in [0.1, 0.15) is 0 Å². The van der Waals surface area contributed by atoms with Crippen molar-refractivity contribution < 1.29 is 23.8 Å². The normalized spacial score (nSPS) is 20.3. The number of hydrogen-bond donors (Lipinski definition) is 2. The summed E-state index contributed by atoms with van der Waals surface area (Å²) in [6.07, 6.45) is 0.374. The molecule has 0 saturated heterocycles. The summed E-state index contributed by atoms with van der Waals surface area (Å²) in [7, 11) is 0. The third-order valence-corrected chi connectivity index (χ3v) is 3.21. The SMILES string of the molecule is CCOc1ccc(CNC(=O)[C@H]2C[C@H]2C(=O)O)cc1F. The highest BCUT2D eigenvalue weighted by Crippen LogP contribution is 2.38. The van der Waals surface area contributed by atoms with Crippen molar-refractivity contribution in [3.8, 4) is 5.75 Å². The molecule has 20 heavy (non-hydrogen) atoms. The van der Waals surface area contributed by atoms with Crippen molar-refractivity contribution in [1.82, 2.24) is 5.32 Å². The van der Waals surface area contributed by atoms with Crippen LogP contribution >= 0.6 is 0 Å². The summed E-state index contributed by atoms with van der Waals surface area (Å²) in [4.78, 5) is 22.3. The third-order valence-electron chi connectivity index (χ3n) is 3.21. The molecular weight excluding hydrogens is 265 g/mol. The molecule has 1 amide bonds. The monoisotopic (exact) mass is 281 g/mol. The molecule has 1 saturated carbocycles. The summed E-state index contributed by atoms with van der Waals surface area (Å²) >= 11 is 0. The molecule has 1 aromatic carbocycles. The maximum atomic E-state index is 13.6. The zero-order chi connectivity index (χ0) is 14.7.